The average Bonchev–Trinajstić information content (AvgIpc) is 2.90. The van der Waals surface area contributed by atoms with Crippen molar-refractivity contribution in [3.63, 3.8) is 0 Å². The van der Waals surface area contributed by atoms with Crippen molar-refractivity contribution in [2.75, 3.05) is 13.1 Å². The van der Waals surface area contributed by atoms with Gasteiger partial charge in [0.2, 0.25) is 0 Å². The highest BCUT2D eigenvalue weighted by Crippen LogP contribution is 2.27. The summed E-state index contributed by atoms with van der Waals surface area (Å²) in [7, 11) is 0. The standard InChI is InChI=1S/C17H24F2N2/c1-12(10-15-16(18)5-2-6-17(15)19)20-13-7-9-21-8-3-4-14(21)11-13/h2,5-6,12-14,20H,3-4,7-11H2,1H3. The van der Waals surface area contributed by atoms with Crippen molar-refractivity contribution < 1.29 is 8.78 Å². The molecule has 21 heavy (non-hydrogen) atoms. The molecule has 2 saturated heterocycles. The third-order valence-corrected chi connectivity index (χ3v) is 4.91. The molecule has 3 rings (SSSR count). The summed E-state index contributed by atoms with van der Waals surface area (Å²) in [5, 5.41) is 3.57. The highest BCUT2D eigenvalue weighted by Gasteiger charge is 2.32. The fraction of sp³-hybridized carbons (Fsp3) is 0.647. The van der Waals surface area contributed by atoms with Crippen LogP contribution in [0.4, 0.5) is 8.78 Å². The molecule has 2 aliphatic heterocycles. The Morgan fingerprint density at radius 3 is 2.76 bits per heavy atom. The SMILES string of the molecule is CC(Cc1c(F)cccc1F)NC1CCN2CCCC2C1. The fourth-order valence-electron chi connectivity index (χ4n) is 3.87. The first-order valence-corrected chi connectivity index (χ1v) is 8.06. The van der Waals surface area contributed by atoms with Gasteiger partial charge < -0.3 is 10.2 Å². The average molecular weight is 294 g/mol. The number of nitrogens with zero attached hydrogens (tertiary/aromatic N) is 1. The minimum atomic E-state index is -0.436. The van der Waals surface area contributed by atoms with Crippen LogP contribution < -0.4 is 5.32 Å². The molecule has 0 amide bonds. The number of halogens is 2. The van der Waals surface area contributed by atoms with Crippen LogP contribution in [-0.2, 0) is 6.42 Å². The molecule has 4 heteroatoms. The van der Waals surface area contributed by atoms with Crippen LogP contribution in [0.5, 0.6) is 0 Å². The lowest BCUT2D eigenvalue weighted by atomic mass is 9.96. The van der Waals surface area contributed by atoms with Crippen LogP contribution in [0.25, 0.3) is 0 Å². The van der Waals surface area contributed by atoms with E-state index in [0.717, 1.165) is 13.0 Å². The molecule has 116 valence electrons. The van der Waals surface area contributed by atoms with Crippen LogP contribution in [0.1, 0.15) is 38.2 Å². The second kappa shape index (κ2) is 6.41. The Morgan fingerprint density at radius 2 is 2.00 bits per heavy atom. The Kier molecular flexibility index (Phi) is 4.55. The van der Waals surface area contributed by atoms with Crippen LogP contribution >= 0.6 is 0 Å². The summed E-state index contributed by atoms with van der Waals surface area (Å²) < 4.78 is 27.4. The van der Waals surface area contributed by atoms with Crippen molar-refractivity contribution in [3.8, 4) is 0 Å². The van der Waals surface area contributed by atoms with E-state index >= 15 is 0 Å². The summed E-state index contributed by atoms with van der Waals surface area (Å²) in [6, 6.07) is 5.38. The zero-order valence-electron chi connectivity index (χ0n) is 12.6. The van der Waals surface area contributed by atoms with Gasteiger partial charge >= 0.3 is 0 Å². The first kappa shape index (κ1) is 14.9. The predicted molar refractivity (Wildman–Crippen MR) is 80.3 cm³/mol. The molecule has 2 nitrogen and oxygen atoms in total. The molecular formula is C17H24F2N2. The maximum atomic E-state index is 13.7. The summed E-state index contributed by atoms with van der Waals surface area (Å²) in [4.78, 5) is 2.58. The molecule has 1 N–H and O–H groups in total. The molecule has 3 unspecified atom stereocenters. The van der Waals surface area contributed by atoms with Gasteiger partial charge in [-0.2, -0.15) is 0 Å². The lowest BCUT2D eigenvalue weighted by molar-refractivity contribution is 0.162. The third-order valence-electron chi connectivity index (χ3n) is 4.91. The van der Waals surface area contributed by atoms with E-state index in [1.165, 1.54) is 44.0 Å². The van der Waals surface area contributed by atoms with Gasteiger partial charge in [-0.3, -0.25) is 0 Å². The van der Waals surface area contributed by atoms with Gasteiger partial charge in [0.15, 0.2) is 0 Å². The number of piperidine rings is 1. The maximum absolute atomic E-state index is 13.7. The van der Waals surface area contributed by atoms with Crippen molar-refractivity contribution >= 4 is 0 Å². The first-order chi connectivity index (χ1) is 10.1. The number of rotatable bonds is 4. The van der Waals surface area contributed by atoms with Crippen LogP contribution in [0, 0.1) is 11.6 Å². The van der Waals surface area contributed by atoms with Gasteiger partial charge in [0.25, 0.3) is 0 Å². The lowest BCUT2D eigenvalue weighted by Crippen LogP contribution is -2.48. The van der Waals surface area contributed by atoms with E-state index in [0.29, 0.717) is 18.5 Å². The first-order valence-electron chi connectivity index (χ1n) is 8.06. The van der Waals surface area contributed by atoms with E-state index in [9.17, 15) is 8.78 Å². The number of hydrogen-bond acceptors (Lipinski definition) is 2. The molecule has 2 aliphatic rings. The monoisotopic (exact) mass is 294 g/mol. The highest BCUT2D eigenvalue weighted by atomic mass is 19.1. The topological polar surface area (TPSA) is 15.3 Å². The second-order valence-corrected chi connectivity index (χ2v) is 6.53. The normalized spacial score (nSPS) is 27.6. The van der Waals surface area contributed by atoms with E-state index < -0.39 is 11.6 Å². The predicted octanol–water partition coefficient (Wildman–Crippen LogP) is 3.11. The van der Waals surface area contributed by atoms with Crippen molar-refractivity contribution in [3.05, 3.63) is 35.4 Å². The van der Waals surface area contributed by atoms with E-state index in [1.54, 1.807) is 0 Å². The van der Waals surface area contributed by atoms with E-state index in [4.69, 9.17) is 0 Å². The molecule has 0 radical (unpaired) electrons. The minimum absolute atomic E-state index is 0.0920. The Morgan fingerprint density at radius 1 is 1.24 bits per heavy atom. The minimum Gasteiger partial charge on any atom is -0.311 e. The molecule has 0 bridgehead atoms. The zero-order valence-corrected chi connectivity index (χ0v) is 12.6. The zero-order chi connectivity index (χ0) is 14.8. The molecule has 0 spiro atoms. The number of nitrogens with one attached hydrogen (secondary N) is 1. The van der Waals surface area contributed by atoms with Crippen LogP contribution in [0.15, 0.2) is 18.2 Å². The van der Waals surface area contributed by atoms with Crippen molar-refractivity contribution in [1.82, 2.24) is 10.2 Å². The summed E-state index contributed by atoms with van der Waals surface area (Å²) in [6.45, 7) is 4.42. The molecule has 0 aliphatic carbocycles. The number of hydrogen-bond donors (Lipinski definition) is 1. The Bertz CT molecular complexity index is 471. The van der Waals surface area contributed by atoms with Gasteiger partial charge in [-0.05, 0) is 64.3 Å². The third kappa shape index (κ3) is 3.43. The smallest absolute Gasteiger partial charge is 0.129 e. The number of fused-ring (bicyclic) bond motifs is 1. The van der Waals surface area contributed by atoms with Gasteiger partial charge in [0, 0.05) is 23.7 Å². The maximum Gasteiger partial charge on any atom is 0.129 e. The van der Waals surface area contributed by atoms with E-state index in [2.05, 4.69) is 10.2 Å². The van der Waals surface area contributed by atoms with Crippen LogP contribution in [-0.4, -0.2) is 36.1 Å². The van der Waals surface area contributed by atoms with Crippen molar-refractivity contribution in [1.29, 1.82) is 0 Å². The molecule has 3 atom stereocenters. The van der Waals surface area contributed by atoms with Crippen molar-refractivity contribution in [2.24, 2.45) is 0 Å². The second-order valence-electron chi connectivity index (χ2n) is 6.53. The van der Waals surface area contributed by atoms with Crippen molar-refractivity contribution in [2.45, 2.75) is 57.2 Å². The molecule has 2 fully saturated rings. The van der Waals surface area contributed by atoms with Crippen LogP contribution in [0.2, 0.25) is 0 Å². The summed E-state index contributed by atoms with van der Waals surface area (Å²) >= 11 is 0. The summed E-state index contributed by atoms with van der Waals surface area (Å²) in [6.07, 6.45) is 5.33. The molecular weight excluding hydrogens is 270 g/mol. The van der Waals surface area contributed by atoms with E-state index in [1.807, 2.05) is 6.92 Å². The van der Waals surface area contributed by atoms with E-state index in [-0.39, 0.29) is 11.6 Å². The quantitative estimate of drug-likeness (QED) is 0.918. The molecule has 1 aromatic carbocycles. The Labute approximate surface area is 125 Å². The van der Waals surface area contributed by atoms with Gasteiger partial charge in [0.05, 0.1) is 0 Å². The molecule has 0 saturated carbocycles. The number of benzene rings is 1. The Balaban J connectivity index is 1.55. The highest BCUT2D eigenvalue weighted by molar-refractivity contribution is 5.20. The van der Waals surface area contributed by atoms with Gasteiger partial charge in [0.1, 0.15) is 11.6 Å². The lowest BCUT2D eigenvalue weighted by Gasteiger charge is -2.36. The molecule has 1 aromatic rings. The van der Waals surface area contributed by atoms with Gasteiger partial charge in [-0.15, -0.1) is 0 Å². The molecule has 0 aromatic heterocycles. The Hall–Kier alpha value is -1.00. The van der Waals surface area contributed by atoms with Gasteiger partial charge in [-0.1, -0.05) is 6.07 Å². The van der Waals surface area contributed by atoms with Gasteiger partial charge in [-0.25, -0.2) is 8.78 Å². The fourth-order valence-corrected chi connectivity index (χ4v) is 3.87. The summed E-state index contributed by atoms with van der Waals surface area (Å²) in [5.41, 5.74) is 0.204. The largest absolute Gasteiger partial charge is 0.311 e. The molecule has 2 heterocycles. The van der Waals surface area contributed by atoms with Crippen LogP contribution in [0.3, 0.4) is 0 Å². The summed E-state index contributed by atoms with van der Waals surface area (Å²) in [5.74, 6) is -0.872.